The van der Waals surface area contributed by atoms with Crippen molar-refractivity contribution in [3.05, 3.63) is 63.6 Å². The lowest BCUT2D eigenvalue weighted by Gasteiger charge is -2.05. The molecule has 2 nitrogen and oxygen atoms in total. The smallest absolute Gasteiger partial charge is 0.167 e. The number of benzene rings is 2. The van der Waals surface area contributed by atoms with Gasteiger partial charge in [-0.2, -0.15) is 0 Å². The minimum Gasteiger partial charge on any atom is -0.494 e. The van der Waals surface area contributed by atoms with E-state index in [0.717, 1.165) is 6.07 Å². The number of hydrogen-bond donors (Lipinski definition) is 0. The van der Waals surface area contributed by atoms with Crippen LogP contribution >= 0.6 is 15.9 Å². The van der Waals surface area contributed by atoms with Crippen LogP contribution in [0.25, 0.3) is 0 Å². The first-order chi connectivity index (χ1) is 9.49. The molecule has 0 amide bonds. The van der Waals surface area contributed by atoms with Crippen LogP contribution in [0.3, 0.4) is 0 Å². The first-order valence-electron chi connectivity index (χ1n) is 5.81. The summed E-state index contributed by atoms with van der Waals surface area (Å²) in [5, 5.41) is 0. The number of halogens is 3. The van der Waals surface area contributed by atoms with Crippen LogP contribution in [0, 0.1) is 11.6 Å². The van der Waals surface area contributed by atoms with Gasteiger partial charge in [0.15, 0.2) is 17.3 Å². The van der Waals surface area contributed by atoms with E-state index in [-0.39, 0.29) is 23.5 Å². The summed E-state index contributed by atoms with van der Waals surface area (Å²) in [4.78, 5) is 12.0. The third-order valence-corrected chi connectivity index (χ3v) is 3.22. The van der Waals surface area contributed by atoms with Crippen LogP contribution in [-0.2, 0) is 6.42 Å². The van der Waals surface area contributed by atoms with E-state index >= 15 is 0 Å². The van der Waals surface area contributed by atoms with Crippen LogP contribution in [0.2, 0.25) is 0 Å². The maximum atomic E-state index is 13.5. The largest absolute Gasteiger partial charge is 0.494 e. The van der Waals surface area contributed by atoms with E-state index in [2.05, 4.69) is 15.9 Å². The normalized spacial score (nSPS) is 10.4. The van der Waals surface area contributed by atoms with Crippen molar-refractivity contribution in [3.63, 3.8) is 0 Å². The maximum Gasteiger partial charge on any atom is 0.167 e. The average Bonchev–Trinajstić information content (AvgIpc) is 2.37. The number of methoxy groups -OCH3 is 1. The summed E-state index contributed by atoms with van der Waals surface area (Å²) in [7, 11) is 1.35. The Morgan fingerprint density at radius 2 is 1.95 bits per heavy atom. The minimum atomic E-state index is -0.598. The van der Waals surface area contributed by atoms with Crippen LogP contribution in [0.1, 0.15) is 15.9 Å². The molecule has 0 N–H and O–H groups in total. The van der Waals surface area contributed by atoms with Gasteiger partial charge in [-0.15, -0.1) is 0 Å². The summed E-state index contributed by atoms with van der Waals surface area (Å²) < 4.78 is 32.1. The van der Waals surface area contributed by atoms with Gasteiger partial charge in [0.2, 0.25) is 0 Å². The third-order valence-electron chi connectivity index (χ3n) is 2.76. The first-order valence-corrected chi connectivity index (χ1v) is 6.60. The van der Waals surface area contributed by atoms with Crippen LogP contribution in [0.5, 0.6) is 5.75 Å². The lowest BCUT2D eigenvalue weighted by atomic mass is 10.0. The van der Waals surface area contributed by atoms with E-state index in [9.17, 15) is 13.6 Å². The molecule has 0 fully saturated rings. The van der Waals surface area contributed by atoms with Crippen LogP contribution in [0.4, 0.5) is 8.78 Å². The Balaban J connectivity index is 2.21. The highest BCUT2D eigenvalue weighted by Gasteiger charge is 2.12. The highest BCUT2D eigenvalue weighted by Crippen LogP contribution is 2.20. The number of ether oxygens (including phenoxy) is 1. The van der Waals surface area contributed by atoms with Crippen molar-refractivity contribution >= 4 is 21.7 Å². The van der Waals surface area contributed by atoms with Crippen molar-refractivity contribution in [2.24, 2.45) is 0 Å². The molecular formula is C15H11BrF2O2. The van der Waals surface area contributed by atoms with E-state index in [4.69, 9.17) is 4.74 Å². The number of ketones is 1. The van der Waals surface area contributed by atoms with Crippen molar-refractivity contribution < 1.29 is 18.3 Å². The number of carbonyl (C=O) groups is 1. The predicted molar refractivity (Wildman–Crippen MR) is 75.1 cm³/mol. The second-order valence-electron chi connectivity index (χ2n) is 4.23. The molecule has 0 saturated carbocycles. The maximum absolute atomic E-state index is 13.5. The summed E-state index contributed by atoms with van der Waals surface area (Å²) in [6.45, 7) is 0. The molecule has 0 aliphatic carbocycles. The zero-order chi connectivity index (χ0) is 14.7. The fourth-order valence-corrected chi connectivity index (χ4v) is 2.35. The summed E-state index contributed by atoms with van der Waals surface area (Å²) in [5.41, 5.74) is 0.752. The number of carbonyl (C=O) groups excluding carboxylic acids is 1. The molecule has 0 aliphatic heterocycles. The topological polar surface area (TPSA) is 26.3 Å². The summed E-state index contributed by atoms with van der Waals surface area (Å²) in [6, 6.07) is 8.24. The van der Waals surface area contributed by atoms with Crippen molar-refractivity contribution in [1.29, 1.82) is 0 Å². The van der Waals surface area contributed by atoms with Gasteiger partial charge in [-0.3, -0.25) is 4.79 Å². The van der Waals surface area contributed by atoms with Gasteiger partial charge in [0.05, 0.1) is 7.11 Å². The highest BCUT2D eigenvalue weighted by molar-refractivity contribution is 9.10. The SMILES string of the molecule is COc1ccc(C(=O)Cc2cc(F)cc(Br)c2)cc1F. The van der Waals surface area contributed by atoms with Gasteiger partial charge in [-0.25, -0.2) is 8.78 Å². The molecule has 0 bridgehead atoms. The summed E-state index contributed by atoms with van der Waals surface area (Å²) in [6.07, 6.45) is 0.00211. The van der Waals surface area contributed by atoms with Crippen molar-refractivity contribution in [2.75, 3.05) is 7.11 Å². The lowest BCUT2D eigenvalue weighted by molar-refractivity contribution is 0.0992. The second kappa shape index (κ2) is 6.13. The molecule has 0 aliphatic rings. The Kier molecular flexibility index (Phi) is 4.49. The minimum absolute atomic E-state index is 0.00211. The van der Waals surface area contributed by atoms with Crippen molar-refractivity contribution in [3.8, 4) is 5.75 Å². The zero-order valence-corrected chi connectivity index (χ0v) is 12.2. The molecule has 0 unspecified atom stereocenters. The molecule has 20 heavy (non-hydrogen) atoms. The van der Waals surface area contributed by atoms with Gasteiger partial charge >= 0.3 is 0 Å². The molecule has 0 heterocycles. The Bertz CT molecular complexity index is 636. The van der Waals surface area contributed by atoms with E-state index in [1.807, 2.05) is 0 Å². The predicted octanol–water partition coefficient (Wildman–Crippen LogP) is 4.16. The van der Waals surface area contributed by atoms with Gasteiger partial charge in [0.25, 0.3) is 0 Å². The number of hydrogen-bond acceptors (Lipinski definition) is 2. The monoisotopic (exact) mass is 340 g/mol. The van der Waals surface area contributed by atoms with Crippen LogP contribution < -0.4 is 4.74 Å². The van der Waals surface area contributed by atoms with Gasteiger partial charge < -0.3 is 4.74 Å². The van der Waals surface area contributed by atoms with Gasteiger partial charge in [-0.1, -0.05) is 15.9 Å². The Labute approximate surface area is 123 Å². The molecule has 0 atom stereocenters. The molecule has 2 aromatic carbocycles. The molecular weight excluding hydrogens is 330 g/mol. The van der Waals surface area contributed by atoms with Crippen molar-refractivity contribution in [1.82, 2.24) is 0 Å². The molecule has 0 radical (unpaired) electrons. The fraction of sp³-hybridized carbons (Fsp3) is 0.133. The van der Waals surface area contributed by atoms with E-state index in [1.54, 1.807) is 6.07 Å². The Hall–Kier alpha value is -1.75. The molecule has 5 heteroatoms. The van der Waals surface area contributed by atoms with E-state index in [0.29, 0.717) is 10.0 Å². The van der Waals surface area contributed by atoms with Crippen LogP contribution in [-0.4, -0.2) is 12.9 Å². The van der Waals surface area contributed by atoms with E-state index in [1.165, 1.54) is 31.4 Å². The first kappa shape index (κ1) is 14.7. The molecule has 0 saturated heterocycles. The number of rotatable bonds is 4. The summed E-state index contributed by atoms with van der Waals surface area (Å²) >= 11 is 3.16. The lowest BCUT2D eigenvalue weighted by Crippen LogP contribution is -2.05. The molecule has 2 rings (SSSR count). The van der Waals surface area contributed by atoms with Gasteiger partial charge in [-0.05, 0) is 42.0 Å². The Morgan fingerprint density at radius 3 is 2.55 bits per heavy atom. The summed E-state index contributed by atoms with van der Waals surface area (Å²) in [5.74, 6) is -1.24. The number of Topliss-reactive ketones (excluding diaryl/α,β-unsaturated/α-hetero) is 1. The Morgan fingerprint density at radius 1 is 1.20 bits per heavy atom. The van der Waals surface area contributed by atoms with Crippen LogP contribution in [0.15, 0.2) is 40.9 Å². The van der Waals surface area contributed by atoms with Gasteiger partial charge in [0.1, 0.15) is 5.82 Å². The highest BCUT2D eigenvalue weighted by atomic mass is 79.9. The third kappa shape index (κ3) is 3.42. The second-order valence-corrected chi connectivity index (χ2v) is 5.14. The average molecular weight is 341 g/mol. The molecule has 0 aromatic heterocycles. The molecule has 0 spiro atoms. The quantitative estimate of drug-likeness (QED) is 0.781. The van der Waals surface area contributed by atoms with Gasteiger partial charge in [0, 0.05) is 16.5 Å². The zero-order valence-electron chi connectivity index (χ0n) is 10.6. The standard InChI is InChI=1S/C15H11BrF2O2/c1-20-15-3-2-10(7-13(15)18)14(19)6-9-4-11(16)8-12(17)5-9/h2-5,7-8H,6H2,1H3. The molecule has 104 valence electrons. The van der Waals surface area contributed by atoms with Crippen molar-refractivity contribution in [2.45, 2.75) is 6.42 Å². The fourth-order valence-electron chi connectivity index (χ4n) is 1.84. The molecule has 2 aromatic rings. The van der Waals surface area contributed by atoms with E-state index < -0.39 is 11.6 Å².